The third-order valence-electron chi connectivity index (χ3n) is 4.03. The Hall–Kier alpha value is -1.94. The molecule has 104 valence electrons. The minimum Gasteiger partial charge on any atom is -0.338 e. The second kappa shape index (κ2) is 5.59. The van der Waals surface area contributed by atoms with Crippen LogP contribution in [-0.2, 0) is 0 Å². The second-order valence-electron chi connectivity index (χ2n) is 5.27. The summed E-state index contributed by atoms with van der Waals surface area (Å²) in [6.45, 7) is 1.63. The summed E-state index contributed by atoms with van der Waals surface area (Å²) in [6, 6.07) is 10.4. The summed E-state index contributed by atoms with van der Waals surface area (Å²) >= 11 is 0. The molecule has 1 N–H and O–H groups in total. The predicted molar refractivity (Wildman–Crippen MR) is 79.7 cm³/mol. The molecule has 1 amide bonds. The lowest BCUT2D eigenvalue weighted by atomic mass is 10.0. The third kappa shape index (κ3) is 2.51. The van der Waals surface area contributed by atoms with Crippen LogP contribution in [-0.4, -0.2) is 42.0 Å². The number of hydrogen-bond donors (Lipinski definition) is 1. The van der Waals surface area contributed by atoms with Crippen molar-refractivity contribution in [1.82, 2.24) is 15.2 Å². The quantitative estimate of drug-likeness (QED) is 0.907. The zero-order valence-electron chi connectivity index (χ0n) is 11.7. The Labute approximate surface area is 118 Å². The van der Waals surface area contributed by atoms with Gasteiger partial charge in [0, 0.05) is 30.7 Å². The molecule has 4 heteroatoms. The molecule has 0 atom stereocenters. The summed E-state index contributed by atoms with van der Waals surface area (Å²) in [5, 5.41) is 4.29. The van der Waals surface area contributed by atoms with Crippen molar-refractivity contribution in [2.45, 2.75) is 18.9 Å². The molecule has 1 saturated heterocycles. The molecule has 0 unspecified atom stereocenters. The number of para-hydroxylation sites is 1. The number of pyridine rings is 1. The van der Waals surface area contributed by atoms with Crippen LogP contribution in [0.2, 0.25) is 0 Å². The van der Waals surface area contributed by atoms with E-state index in [0.717, 1.165) is 36.8 Å². The van der Waals surface area contributed by atoms with E-state index in [9.17, 15) is 4.79 Å². The number of amides is 1. The molecule has 0 aliphatic carbocycles. The lowest BCUT2D eigenvalue weighted by Gasteiger charge is -2.31. The maximum atomic E-state index is 12.5. The molecule has 3 rings (SSSR count). The van der Waals surface area contributed by atoms with Crippen LogP contribution in [0, 0.1) is 0 Å². The van der Waals surface area contributed by atoms with E-state index in [2.05, 4.69) is 10.3 Å². The van der Waals surface area contributed by atoms with Crippen molar-refractivity contribution < 1.29 is 4.79 Å². The standard InChI is InChI=1S/C16H19N3O/c1-17-14-6-8-19(9-7-14)16(20)13-10-12-4-2-3-5-15(12)18-11-13/h2-5,10-11,14,17H,6-9H2,1H3. The summed E-state index contributed by atoms with van der Waals surface area (Å²) in [5.74, 6) is 0.0952. The Morgan fingerprint density at radius 1 is 1.30 bits per heavy atom. The van der Waals surface area contributed by atoms with E-state index in [4.69, 9.17) is 0 Å². The first kappa shape index (κ1) is 13.1. The van der Waals surface area contributed by atoms with Gasteiger partial charge in [-0.2, -0.15) is 0 Å². The largest absolute Gasteiger partial charge is 0.338 e. The fraction of sp³-hybridized carbons (Fsp3) is 0.375. The highest BCUT2D eigenvalue weighted by atomic mass is 16.2. The van der Waals surface area contributed by atoms with E-state index in [1.165, 1.54) is 0 Å². The number of nitrogens with one attached hydrogen (secondary N) is 1. The zero-order chi connectivity index (χ0) is 13.9. The number of benzene rings is 1. The van der Waals surface area contributed by atoms with Crippen molar-refractivity contribution in [1.29, 1.82) is 0 Å². The first-order chi connectivity index (χ1) is 9.78. The van der Waals surface area contributed by atoms with Crippen LogP contribution in [0.3, 0.4) is 0 Å². The van der Waals surface area contributed by atoms with Gasteiger partial charge in [0.25, 0.3) is 5.91 Å². The van der Waals surface area contributed by atoms with Crippen molar-refractivity contribution in [3.8, 4) is 0 Å². The van der Waals surface area contributed by atoms with Crippen LogP contribution in [0.1, 0.15) is 23.2 Å². The smallest absolute Gasteiger partial charge is 0.255 e. The summed E-state index contributed by atoms with van der Waals surface area (Å²) in [6.07, 6.45) is 3.72. The maximum absolute atomic E-state index is 12.5. The van der Waals surface area contributed by atoms with Gasteiger partial charge in [-0.05, 0) is 32.0 Å². The monoisotopic (exact) mass is 269 g/mol. The molecule has 1 aromatic carbocycles. The Kier molecular flexibility index (Phi) is 3.65. The molecule has 1 aliphatic rings. The summed E-state index contributed by atoms with van der Waals surface area (Å²) in [5.41, 5.74) is 1.62. The second-order valence-corrected chi connectivity index (χ2v) is 5.27. The minimum absolute atomic E-state index is 0.0952. The number of hydrogen-bond acceptors (Lipinski definition) is 3. The number of carbonyl (C=O) groups excluding carboxylic acids is 1. The molecule has 1 fully saturated rings. The molecule has 2 aromatic rings. The van der Waals surface area contributed by atoms with Crippen LogP contribution in [0.25, 0.3) is 10.9 Å². The maximum Gasteiger partial charge on any atom is 0.255 e. The highest BCUT2D eigenvalue weighted by Crippen LogP contribution is 2.17. The minimum atomic E-state index is 0.0952. The number of likely N-dealkylation sites (tertiary alicyclic amines) is 1. The Bertz CT molecular complexity index is 618. The third-order valence-corrected chi connectivity index (χ3v) is 4.03. The van der Waals surface area contributed by atoms with Gasteiger partial charge in [0.05, 0.1) is 11.1 Å². The van der Waals surface area contributed by atoms with Crippen LogP contribution in [0.4, 0.5) is 0 Å². The van der Waals surface area contributed by atoms with Crippen LogP contribution in [0.15, 0.2) is 36.5 Å². The van der Waals surface area contributed by atoms with Gasteiger partial charge in [-0.25, -0.2) is 0 Å². The topological polar surface area (TPSA) is 45.2 Å². The van der Waals surface area contributed by atoms with Gasteiger partial charge < -0.3 is 10.2 Å². The number of piperidine rings is 1. The molecule has 1 aromatic heterocycles. The molecule has 1 aliphatic heterocycles. The normalized spacial score (nSPS) is 16.6. The molecule has 0 bridgehead atoms. The van der Waals surface area contributed by atoms with Crippen molar-refractivity contribution in [3.63, 3.8) is 0 Å². The van der Waals surface area contributed by atoms with Gasteiger partial charge in [0.2, 0.25) is 0 Å². The van der Waals surface area contributed by atoms with Gasteiger partial charge in [0.1, 0.15) is 0 Å². The molecule has 20 heavy (non-hydrogen) atoms. The summed E-state index contributed by atoms with van der Waals surface area (Å²) in [7, 11) is 1.98. The predicted octanol–water partition coefficient (Wildman–Crippen LogP) is 2.06. The summed E-state index contributed by atoms with van der Waals surface area (Å²) in [4.78, 5) is 18.8. The molecule has 0 radical (unpaired) electrons. The molecular formula is C16H19N3O. The van der Waals surface area contributed by atoms with Crippen LogP contribution in [0.5, 0.6) is 0 Å². The molecule has 2 heterocycles. The fourth-order valence-electron chi connectivity index (χ4n) is 2.74. The number of rotatable bonds is 2. The zero-order valence-corrected chi connectivity index (χ0v) is 11.7. The van der Waals surface area contributed by atoms with Gasteiger partial charge >= 0.3 is 0 Å². The van der Waals surface area contributed by atoms with Gasteiger partial charge in [-0.3, -0.25) is 9.78 Å². The number of aromatic nitrogens is 1. The van der Waals surface area contributed by atoms with E-state index < -0.39 is 0 Å². The van der Waals surface area contributed by atoms with Crippen LogP contribution >= 0.6 is 0 Å². The molecule has 0 saturated carbocycles. The van der Waals surface area contributed by atoms with Gasteiger partial charge in [-0.1, -0.05) is 18.2 Å². The van der Waals surface area contributed by atoms with Crippen molar-refractivity contribution in [3.05, 3.63) is 42.1 Å². The van der Waals surface area contributed by atoms with Crippen LogP contribution < -0.4 is 5.32 Å². The number of carbonyl (C=O) groups is 1. The van der Waals surface area contributed by atoms with E-state index in [-0.39, 0.29) is 5.91 Å². The van der Waals surface area contributed by atoms with E-state index in [1.54, 1.807) is 6.20 Å². The fourth-order valence-corrected chi connectivity index (χ4v) is 2.74. The van der Waals surface area contributed by atoms with E-state index in [1.807, 2.05) is 42.3 Å². The first-order valence-corrected chi connectivity index (χ1v) is 7.09. The molecular weight excluding hydrogens is 250 g/mol. The van der Waals surface area contributed by atoms with Crippen molar-refractivity contribution in [2.75, 3.05) is 20.1 Å². The highest BCUT2D eigenvalue weighted by Gasteiger charge is 2.22. The molecule has 0 spiro atoms. The Morgan fingerprint density at radius 2 is 2.05 bits per heavy atom. The Morgan fingerprint density at radius 3 is 2.80 bits per heavy atom. The van der Waals surface area contributed by atoms with Gasteiger partial charge in [-0.15, -0.1) is 0 Å². The lowest BCUT2D eigenvalue weighted by Crippen LogP contribution is -2.43. The first-order valence-electron chi connectivity index (χ1n) is 7.09. The summed E-state index contributed by atoms with van der Waals surface area (Å²) < 4.78 is 0. The lowest BCUT2D eigenvalue weighted by molar-refractivity contribution is 0.0707. The number of fused-ring (bicyclic) bond motifs is 1. The molecule has 4 nitrogen and oxygen atoms in total. The Balaban J connectivity index is 1.79. The highest BCUT2D eigenvalue weighted by molar-refractivity contribution is 5.97. The average Bonchev–Trinajstić information content (AvgIpc) is 2.54. The van der Waals surface area contributed by atoms with E-state index in [0.29, 0.717) is 11.6 Å². The van der Waals surface area contributed by atoms with Crippen molar-refractivity contribution in [2.24, 2.45) is 0 Å². The average molecular weight is 269 g/mol. The SMILES string of the molecule is CNC1CCN(C(=O)c2cnc3ccccc3c2)CC1. The van der Waals surface area contributed by atoms with Gasteiger partial charge in [0.15, 0.2) is 0 Å². The van der Waals surface area contributed by atoms with Crippen molar-refractivity contribution >= 4 is 16.8 Å². The van der Waals surface area contributed by atoms with E-state index >= 15 is 0 Å². The number of nitrogens with zero attached hydrogens (tertiary/aromatic N) is 2.